The third-order valence-corrected chi connectivity index (χ3v) is 2.82. The van der Waals surface area contributed by atoms with Crippen LogP contribution in [0.25, 0.3) is 0 Å². The van der Waals surface area contributed by atoms with E-state index in [1.54, 1.807) is 0 Å². The lowest BCUT2D eigenvalue weighted by molar-refractivity contribution is -0.122. The first-order valence-electron chi connectivity index (χ1n) is 5.43. The molecule has 1 aliphatic rings. The summed E-state index contributed by atoms with van der Waals surface area (Å²) in [5.74, 6) is 0.198. The summed E-state index contributed by atoms with van der Waals surface area (Å²) in [7, 11) is 0. The maximum Gasteiger partial charge on any atom is 0.240 e. The van der Waals surface area contributed by atoms with E-state index in [4.69, 9.17) is 5.73 Å². The van der Waals surface area contributed by atoms with Crippen molar-refractivity contribution in [1.82, 2.24) is 5.43 Å². The van der Waals surface area contributed by atoms with Gasteiger partial charge in [-0.1, -0.05) is 19.1 Å². The Morgan fingerprint density at radius 3 is 2.75 bits per heavy atom. The van der Waals surface area contributed by atoms with Crippen molar-refractivity contribution in [1.29, 1.82) is 0 Å². The minimum absolute atomic E-state index is 0.00829. The molecule has 0 bridgehead atoms. The van der Waals surface area contributed by atoms with Gasteiger partial charge in [-0.2, -0.15) is 5.10 Å². The molecule has 1 aromatic rings. The van der Waals surface area contributed by atoms with E-state index in [0.717, 1.165) is 23.4 Å². The first kappa shape index (κ1) is 10.7. The van der Waals surface area contributed by atoms with Crippen LogP contribution in [0, 0.1) is 5.92 Å². The smallest absolute Gasteiger partial charge is 0.240 e. The van der Waals surface area contributed by atoms with E-state index in [1.807, 2.05) is 24.3 Å². The normalized spacial score (nSPS) is 20.2. The fraction of sp³-hybridized carbons (Fsp3) is 0.333. The van der Waals surface area contributed by atoms with Gasteiger partial charge >= 0.3 is 0 Å². The fourth-order valence-corrected chi connectivity index (χ4v) is 1.87. The van der Waals surface area contributed by atoms with Crippen molar-refractivity contribution in [3.63, 3.8) is 0 Å². The molecule has 0 aliphatic carbocycles. The number of nitrogen functional groups attached to an aromatic ring is 1. The van der Waals surface area contributed by atoms with Crippen LogP contribution in [0.5, 0.6) is 0 Å². The minimum Gasteiger partial charge on any atom is -0.399 e. The van der Waals surface area contributed by atoms with Gasteiger partial charge in [0.25, 0.3) is 0 Å². The van der Waals surface area contributed by atoms with E-state index in [1.165, 1.54) is 0 Å². The summed E-state index contributed by atoms with van der Waals surface area (Å²) in [6, 6.07) is 7.57. The molecule has 84 valence electrons. The second-order valence-electron chi connectivity index (χ2n) is 3.96. The number of hydrogen-bond acceptors (Lipinski definition) is 3. The highest BCUT2D eigenvalue weighted by Crippen LogP contribution is 2.20. The van der Waals surface area contributed by atoms with Crippen LogP contribution in [0.3, 0.4) is 0 Å². The van der Waals surface area contributed by atoms with E-state index in [2.05, 4.69) is 17.5 Å². The molecule has 1 aliphatic heterocycles. The van der Waals surface area contributed by atoms with E-state index in [0.29, 0.717) is 6.42 Å². The number of hydrogen-bond donors (Lipinski definition) is 2. The highest BCUT2D eigenvalue weighted by Gasteiger charge is 2.23. The molecule has 0 radical (unpaired) electrons. The maximum absolute atomic E-state index is 11.2. The first-order valence-corrected chi connectivity index (χ1v) is 5.43. The number of carbonyl (C=O) groups excluding carboxylic acids is 1. The minimum atomic E-state index is -0.00829. The van der Waals surface area contributed by atoms with Gasteiger partial charge in [-0.3, -0.25) is 4.79 Å². The topological polar surface area (TPSA) is 67.5 Å². The number of anilines is 1. The molecule has 3 N–H and O–H groups in total. The first-order chi connectivity index (χ1) is 7.70. The van der Waals surface area contributed by atoms with E-state index in [9.17, 15) is 4.79 Å². The van der Waals surface area contributed by atoms with E-state index in [-0.39, 0.29) is 11.8 Å². The summed E-state index contributed by atoms with van der Waals surface area (Å²) in [4.78, 5) is 11.2. The van der Waals surface area contributed by atoms with Gasteiger partial charge in [0.1, 0.15) is 0 Å². The zero-order valence-electron chi connectivity index (χ0n) is 9.23. The predicted molar refractivity (Wildman–Crippen MR) is 63.9 cm³/mol. The molecule has 1 heterocycles. The molecule has 1 aromatic carbocycles. The summed E-state index contributed by atoms with van der Waals surface area (Å²) in [5.41, 5.74) is 10.9. The van der Waals surface area contributed by atoms with Crippen molar-refractivity contribution in [3.05, 3.63) is 29.8 Å². The van der Waals surface area contributed by atoms with Gasteiger partial charge in [0.15, 0.2) is 0 Å². The number of amides is 1. The van der Waals surface area contributed by atoms with Gasteiger partial charge in [0.2, 0.25) is 5.91 Å². The highest BCUT2D eigenvalue weighted by atomic mass is 16.2. The molecule has 1 atom stereocenters. The quantitative estimate of drug-likeness (QED) is 0.737. The highest BCUT2D eigenvalue weighted by molar-refractivity contribution is 6.06. The predicted octanol–water partition coefficient (Wildman–Crippen LogP) is 1.52. The molecule has 0 fully saturated rings. The molecule has 0 spiro atoms. The molecule has 4 heteroatoms. The van der Waals surface area contributed by atoms with Gasteiger partial charge < -0.3 is 5.73 Å². The average molecular weight is 217 g/mol. The second kappa shape index (κ2) is 4.35. The third kappa shape index (κ3) is 2.05. The van der Waals surface area contributed by atoms with Crippen LogP contribution in [0.2, 0.25) is 0 Å². The Labute approximate surface area is 94.5 Å². The lowest BCUT2D eigenvalue weighted by Crippen LogP contribution is -2.33. The average Bonchev–Trinajstić information content (AvgIpc) is 2.30. The van der Waals surface area contributed by atoms with Crippen molar-refractivity contribution in [2.75, 3.05) is 5.73 Å². The number of nitrogens with two attached hydrogens (primary N) is 1. The number of benzene rings is 1. The Kier molecular flexibility index (Phi) is 2.90. The third-order valence-electron chi connectivity index (χ3n) is 2.82. The Hall–Kier alpha value is -1.84. The summed E-state index contributed by atoms with van der Waals surface area (Å²) in [6.07, 6.45) is 1.43. The largest absolute Gasteiger partial charge is 0.399 e. The van der Waals surface area contributed by atoms with Gasteiger partial charge in [0, 0.05) is 18.0 Å². The number of carbonyl (C=O) groups is 1. The zero-order valence-corrected chi connectivity index (χ0v) is 9.23. The van der Waals surface area contributed by atoms with Gasteiger partial charge in [-0.05, 0) is 24.1 Å². The van der Waals surface area contributed by atoms with Crippen molar-refractivity contribution in [2.45, 2.75) is 19.8 Å². The summed E-state index contributed by atoms with van der Waals surface area (Å²) < 4.78 is 0. The molecule has 0 aromatic heterocycles. The number of nitrogens with zero attached hydrogens (tertiary/aromatic N) is 1. The SMILES string of the molecule is CCC1CC(=O)NN=C1c1ccc(N)cc1. The lowest BCUT2D eigenvalue weighted by atomic mass is 9.90. The molecule has 1 amide bonds. The van der Waals surface area contributed by atoms with Crippen LogP contribution in [-0.4, -0.2) is 11.6 Å². The van der Waals surface area contributed by atoms with Crippen molar-refractivity contribution in [2.24, 2.45) is 11.0 Å². The van der Waals surface area contributed by atoms with Crippen molar-refractivity contribution >= 4 is 17.3 Å². The maximum atomic E-state index is 11.2. The Morgan fingerprint density at radius 1 is 1.44 bits per heavy atom. The Morgan fingerprint density at radius 2 is 2.12 bits per heavy atom. The van der Waals surface area contributed by atoms with Crippen LogP contribution >= 0.6 is 0 Å². The standard InChI is InChI=1S/C12H15N3O/c1-2-8-7-11(16)14-15-12(8)9-3-5-10(13)6-4-9/h3-6,8H,2,7,13H2,1H3,(H,14,16). The molecular weight excluding hydrogens is 202 g/mol. The molecule has 0 saturated carbocycles. The summed E-state index contributed by atoms with van der Waals surface area (Å²) >= 11 is 0. The Balaban J connectivity index is 2.31. The fourth-order valence-electron chi connectivity index (χ4n) is 1.87. The van der Waals surface area contributed by atoms with E-state index < -0.39 is 0 Å². The molecule has 2 rings (SSSR count). The zero-order chi connectivity index (χ0) is 11.5. The van der Waals surface area contributed by atoms with E-state index >= 15 is 0 Å². The van der Waals surface area contributed by atoms with Gasteiger partial charge in [0.05, 0.1) is 5.71 Å². The summed E-state index contributed by atoms with van der Waals surface area (Å²) in [5, 5.41) is 4.14. The van der Waals surface area contributed by atoms with Crippen LogP contribution in [0.4, 0.5) is 5.69 Å². The monoisotopic (exact) mass is 217 g/mol. The number of nitrogens with one attached hydrogen (secondary N) is 1. The van der Waals surface area contributed by atoms with Crippen LogP contribution in [0.1, 0.15) is 25.3 Å². The van der Waals surface area contributed by atoms with Gasteiger partial charge in [-0.15, -0.1) is 0 Å². The molecule has 0 saturated heterocycles. The molecule has 4 nitrogen and oxygen atoms in total. The van der Waals surface area contributed by atoms with Crippen molar-refractivity contribution < 1.29 is 4.79 Å². The Bertz CT molecular complexity index is 422. The molecule has 16 heavy (non-hydrogen) atoms. The molecule has 1 unspecified atom stereocenters. The van der Waals surface area contributed by atoms with Gasteiger partial charge in [-0.25, -0.2) is 5.43 Å². The number of rotatable bonds is 2. The van der Waals surface area contributed by atoms with Crippen LogP contribution < -0.4 is 11.2 Å². The van der Waals surface area contributed by atoms with Crippen LogP contribution in [0.15, 0.2) is 29.4 Å². The summed E-state index contributed by atoms with van der Waals surface area (Å²) in [6.45, 7) is 2.07. The number of hydrazone groups is 1. The van der Waals surface area contributed by atoms with Crippen LogP contribution in [-0.2, 0) is 4.79 Å². The van der Waals surface area contributed by atoms with Crippen molar-refractivity contribution in [3.8, 4) is 0 Å². The second-order valence-corrected chi connectivity index (χ2v) is 3.96. The molecular formula is C12H15N3O. The lowest BCUT2D eigenvalue weighted by Gasteiger charge is -2.21.